The highest BCUT2D eigenvalue weighted by atomic mass is 16.5. The van der Waals surface area contributed by atoms with Gasteiger partial charge < -0.3 is 20.3 Å². The van der Waals surface area contributed by atoms with Crippen LogP contribution in [-0.4, -0.2) is 63.5 Å². The molecule has 1 aliphatic rings. The molecule has 1 N–H and O–H groups in total. The third-order valence-corrected chi connectivity index (χ3v) is 3.28. The van der Waals surface area contributed by atoms with Gasteiger partial charge in [-0.15, -0.1) is 0 Å². The highest BCUT2D eigenvalue weighted by Crippen LogP contribution is 2.24. The summed E-state index contributed by atoms with van der Waals surface area (Å²) in [5.41, 5.74) is 8.01. The zero-order valence-electron chi connectivity index (χ0n) is 11.9. The monoisotopic (exact) mass is 295 g/mol. The van der Waals surface area contributed by atoms with E-state index in [2.05, 4.69) is 16.1 Å². The molecule has 1 fully saturated rings. The number of nitrogens with zero attached hydrogens (tertiary/aromatic N) is 3. The number of likely N-dealkylation sites (tertiary alicyclic amines) is 1. The normalized spacial score (nSPS) is 19.9. The van der Waals surface area contributed by atoms with Crippen LogP contribution in [0, 0.1) is 5.92 Å². The molecule has 0 aromatic carbocycles. The summed E-state index contributed by atoms with van der Waals surface area (Å²) in [6.07, 6.45) is 0.493. The molecule has 1 saturated heterocycles. The van der Waals surface area contributed by atoms with Crippen LogP contribution in [0.4, 0.5) is 0 Å². The van der Waals surface area contributed by atoms with Crippen LogP contribution in [0.2, 0.25) is 0 Å². The van der Waals surface area contributed by atoms with E-state index in [1.165, 1.54) is 24.8 Å². The van der Waals surface area contributed by atoms with E-state index in [1.807, 2.05) is 0 Å². The van der Waals surface area contributed by atoms with Gasteiger partial charge in [-0.25, -0.2) is 4.79 Å². The number of aliphatic hydroxyl groups is 1. The number of rotatable bonds is 7. The predicted molar refractivity (Wildman–Crippen MR) is 71.1 cm³/mol. The summed E-state index contributed by atoms with van der Waals surface area (Å²) >= 11 is 0. The Morgan fingerprint density at radius 1 is 1.62 bits per heavy atom. The molecule has 8 nitrogen and oxygen atoms in total. The molecule has 1 aliphatic heterocycles. The molecule has 2 unspecified atom stereocenters. The summed E-state index contributed by atoms with van der Waals surface area (Å²) in [6, 6.07) is -0.977. The fourth-order valence-corrected chi connectivity index (χ4v) is 1.92. The Morgan fingerprint density at radius 3 is 2.67 bits per heavy atom. The highest BCUT2D eigenvalue weighted by molar-refractivity contribution is 6.63. The van der Waals surface area contributed by atoms with Crippen molar-refractivity contribution in [1.82, 2.24) is 4.90 Å². The summed E-state index contributed by atoms with van der Waals surface area (Å²) in [7, 11) is 0. The van der Waals surface area contributed by atoms with Crippen LogP contribution in [0.3, 0.4) is 0 Å². The Hall–Kier alpha value is -2.31. The van der Waals surface area contributed by atoms with Crippen molar-refractivity contribution in [3.63, 3.8) is 0 Å². The number of hydrogen-bond donors (Lipinski definition) is 1. The first kappa shape index (κ1) is 16.7. The van der Waals surface area contributed by atoms with E-state index >= 15 is 0 Å². The number of amides is 1. The average molecular weight is 295 g/mol. The van der Waals surface area contributed by atoms with Crippen molar-refractivity contribution >= 4 is 23.4 Å². The molecule has 21 heavy (non-hydrogen) atoms. The second kappa shape index (κ2) is 6.92. The van der Waals surface area contributed by atoms with E-state index < -0.39 is 35.5 Å². The fourth-order valence-electron chi connectivity index (χ4n) is 1.92. The number of ether oxygens (including phenoxy) is 1. The lowest BCUT2D eigenvalue weighted by Gasteiger charge is -2.42. The maximum Gasteiger partial charge on any atom is 0.443 e. The number of β-lactam (4-membered cyclic amide) rings is 1. The Kier molecular flexibility index (Phi) is 5.52. The largest absolute Gasteiger partial charge is 0.453 e. The molecule has 8 heteroatoms. The van der Waals surface area contributed by atoms with Gasteiger partial charge in [0, 0.05) is 6.54 Å². The molecule has 0 aliphatic carbocycles. The van der Waals surface area contributed by atoms with Gasteiger partial charge >= 0.3 is 11.7 Å². The van der Waals surface area contributed by atoms with Crippen LogP contribution in [0.25, 0.3) is 5.53 Å². The van der Waals surface area contributed by atoms with E-state index in [-0.39, 0.29) is 19.1 Å². The highest BCUT2D eigenvalue weighted by Gasteiger charge is 2.47. The average Bonchev–Trinajstić information content (AvgIpc) is 2.43. The molecule has 3 atom stereocenters. The second-order valence-electron chi connectivity index (χ2n) is 4.71. The van der Waals surface area contributed by atoms with Crippen LogP contribution < -0.4 is 0 Å². The molecular weight excluding hydrogens is 278 g/mol. The second-order valence-corrected chi connectivity index (χ2v) is 4.71. The fraction of sp³-hybridized carbons (Fsp3) is 0.538. The van der Waals surface area contributed by atoms with Crippen LogP contribution >= 0.6 is 0 Å². The van der Waals surface area contributed by atoms with Crippen molar-refractivity contribution in [1.29, 1.82) is 0 Å². The van der Waals surface area contributed by atoms with Crippen molar-refractivity contribution in [2.75, 3.05) is 13.2 Å². The maximum absolute atomic E-state index is 12.1. The summed E-state index contributed by atoms with van der Waals surface area (Å²) in [4.78, 5) is 39.2. The minimum Gasteiger partial charge on any atom is -0.453 e. The van der Waals surface area contributed by atoms with Crippen molar-refractivity contribution in [3.8, 4) is 0 Å². The standard InChI is InChI=1S/C13H17N3O5/c1-4-5-21-13(20)10(15-14)11(18)7(2)16-6-9(8(3)17)12(16)19/h4,7-9,17H,1,5-6H2,2-3H3/t7?,8-,9?/m1/s1. The summed E-state index contributed by atoms with van der Waals surface area (Å²) in [5.74, 6) is -2.86. The number of ketones is 1. The lowest BCUT2D eigenvalue weighted by atomic mass is 9.90. The Bertz CT molecular complexity index is 522. The lowest BCUT2D eigenvalue weighted by molar-refractivity contribution is -0.160. The van der Waals surface area contributed by atoms with E-state index in [9.17, 15) is 19.5 Å². The van der Waals surface area contributed by atoms with E-state index in [0.717, 1.165) is 0 Å². The SMILES string of the molecule is C=CCOC(=O)C(=[N+]=[N-])C(=O)C(C)N1CC([C@@H](C)O)C1=O. The number of carbonyl (C=O) groups is 3. The van der Waals surface area contributed by atoms with Crippen LogP contribution in [-0.2, 0) is 19.1 Å². The van der Waals surface area contributed by atoms with Crippen LogP contribution in [0.15, 0.2) is 12.7 Å². The van der Waals surface area contributed by atoms with Gasteiger partial charge in [0.2, 0.25) is 5.91 Å². The first-order chi connectivity index (χ1) is 9.84. The Morgan fingerprint density at radius 2 is 2.24 bits per heavy atom. The van der Waals surface area contributed by atoms with E-state index in [4.69, 9.17) is 5.53 Å². The molecule has 0 bridgehead atoms. The molecule has 0 saturated carbocycles. The Labute approximate surface area is 121 Å². The molecule has 0 aromatic rings. The summed E-state index contributed by atoms with van der Waals surface area (Å²) in [5, 5.41) is 9.34. The van der Waals surface area contributed by atoms with Gasteiger partial charge in [-0.1, -0.05) is 12.7 Å². The first-order valence-electron chi connectivity index (χ1n) is 6.38. The van der Waals surface area contributed by atoms with Crippen LogP contribution in [0.5, 0.6) is 0 Å². The van der Waals surface area contributed by atoms with Crippen molar-refractivity contribution in [2.24, 2.45) is 5.92 Å². The smallest absolute Gasteiger partial charge is 0.443 e. The zero-order valence-corrected chi connectivity index (χ0v) is 11.9. The number of hydrogen-bond acceptors (Lipinski definition) is 5. The number of esters is 1. The van der Waals surface area contributed by atoms with Gasteiger partial charge in [0.25, 0.3) is 5.78 Å². The molecule has 1 amide bonds. The molecule has 114 valence electrons. The van der Waals surface area contributed by atoms with E-state index in [0.29, 0.717) is 0 Å². The summed E-state index contributed by atoms with van der Waals surface area (Å²) in [6.45, 7) is 6.30. The topological polar surface area (TPSA) is 120 Å². The molecule has 1 heterocycles. The zero-order chi connectivity index (χ0) is 16.2. The van der Waals surface area contributed by atoms with Crippen molar-refractivity contribution in [2.45, 2.75) is 26.0 Å². The minimum absolute atomic E-state index is 0.133. The summed E-state index contributed by atoms with van der Waals surface area (Å²) < 4.78 is 4.62. The van der Waals surface area contributed by atoms with Gasteiger partial charge in [-0.05, 0) is 13.8 Å². The van der Waals surface area contributed by atoms with Crippen molar-refractivity contribution < 1.29 is 29.0 Å². The quantitative estimate of drug-likeness (QED) is 0.125. The molecule has 0 radical (unpaired) electrons. The molecule has 0 aromatic heterocycles. The predicted octanol–water partition coefficient (Wildman–Crippen LogP) is -0.817. The van der Waals surface area contributed by atoms with Gasteiger partial charge in [0.1, 0.15) is 12.6 Å². The number of Topliss-reactive ketones (excluding diaryl/α,β-unsaturated/α-hetero) is 1. The molecular formula is C13H17N3O5. The van der Waals surface area contributed by atoms with Gasteiger partial charge in [-0.2, -0.15) is 4.79 Å². The van der Waals surface area contributed by atoms with Gasteiger partial charge in [0.05, 0.1) is 12.0 Å². The number of aliphatic hydroxyl groups excluding tert-OH is 1. The molecule has 1 rings (SSSR count). The number of carbonyl (C=O) groups excluding carboxylic acids is 3. The molecule has 0 spiro atoms. The Balaban J connectivity index is 2.74. The van der Waals surface area contributed by atoms with E-state index in [1.54, 1.807) is 0 Å². The minimum atomic E-state index is -1.09. The lowest BCUT2D eigenvalue weighted by Crippen LogP contribution is -2.62. The van der Waals surface area contributed by atoms with Gasteiger partial charge in [-0.3, -0.25) is 9.59 Å². The van der Waals surface area contributed by atoms with Gasteiger partial charge in [0.15, 0.2) is 0 Å². The maximum atomic E-state index is 12.1. The van der Waals surface area contributed by atoms with Crippen LogP contribution in [0.1, 0.15) is 13.8 Å². The van der Waals surface area contributed by atoms with Crippen molar-refractivity contribution in [3.05, 3.63) is 18.2 Å². The first-order valence-corrected chi connectivity index (χ1v) is 6.38. The third-order valence-electron chi connectivity index (χ3n) is 3.28. The third kappa shape index (κ3) is 3.42.